The molecule has 3 aromatic rings. The molecule has 0 bridgehead atoms. The van der Waals surface area contributed by atoms with E-state index in [2.05, 4.69) is 0 Å². The van der Waals surface area contributed by atoms with Crippen molar-refractivity contribution in [1.29, 1.82) is 0 Å². The van der Waals surface area contributed by atoms with Crippen molar-refractivity contribution in [2.45, 2.75) is 40.5 Å². The third-order valence-electron chi connectivity index (χ3n) is 5.37. The van der Waals surface area contributed by atoms with Crippen molar-refractivity contribution in [3.05, 3.63) is 80.9 Å². The minimum absolute atomic E-state index is 0. The molecule has 0 aliphatic rings. The van der Waals surface area contributed by atoms with E-state index in [9.17, 15) is 15.3 Å². The van der Waals surface area contributed by atoms with Gasteiger partial charge in [0, 0.05) is 45.0 Å². The van der Waals surface area contributed by atoms with Gasteiger partial charge in [0.05, 0.1) is 7.11 Å². The number of benzene rings is 3. The SMILES string of the molecule is COc1cc(Cc2cc(C)c(O)c(C)c2)c(O)c(Cc2cc(C)c(O)c(C)c2)c1.[W]. The number of hydrogen-bond acceptors (Lipinski definition) is 4. The van der Waals surface area contributed by atoms with Crippen LogP contribution in [0.4, 0.5) is 0 Å². The smallest absolute Gasteiger partial charge is 0.122 e. The van der Waals surface area contributed by atoms with Crippen LogP contribution in [0.25, 0.3) is 0 Å². The van der Waals surface area contributed by atoms with E-state index in [4.69, 9.17) is 4.74 Å². The first-order valence-corrected chi connectivity index (χ1v) is 9.66. The topological polar surface area (TPSA) is 69.9 Å². The molecule has 0 saturated heterocycles. The molecular weight excluding hydrogens is 548 g/mol. The maximum atomic E-state index is 11.0. The Morgan fingerprint density at radius 1 is 0.600 bits per heavy atom. The number of phenolic OH excluding ortho intramolecular Hbond substituents is 3. The van der Waals surface area contributed by atoms with Gasteiger partial charge in [-0.15, -0.1) is 0 Å². The van der Waals surface area contributed by atoms with E-state index in [0.29, 0.717) is 30.1 Å². The van der Waals surface area contributed by atoms with Gasteiger partial charge in [0.2, 0.25) is 0 Å². The molecule has 0 aliphatic heterocycles. The van der Waals surface area contributed by atoms with Gasteiger partial charge in [-0.25, -0.2) is 0 Å². The van der Waals surface area contributed by atoms with Crippen molar-refractivity contribution in [3.8, 4) is 23.0 Å². The summed E-state index contributed by atoms with van der Waals surface area (Å²) in [4.78, 5) is 0. The zero-order valence-electron chi connectivity index (χ0n) is 18.0. The molecule has 0 spiro atoms. The maximum Gasteiger partial charge on any atom is 0.122 e. The van der Waals surface area contributed by atoms with Gasteiger partial charge in [-0.05, 0) is 73.2 Å². The third kappa shape index (κ3) is 4.99. The zero-order chi connectivity index (χ0) is 21.3. The van der Waals surface area contributed by atoms with Crippen LogP contribution in [0.5, 0.6) is 23.0 Å². The molecule has 3 rings (SSSR count). The summed E-state index contributed by atoms with van der Waals surface area (Å²) in [5.41, 5.74) is 6.85. The minimum atomic E-state index is 0. The number of rotatable bonds is 5. The Balaban J connectivity index is 0.00000320. The molecule has 0 aromatic heterocycles. The van der Waals surface area contributed by atoms with Gasteiger partial charge in [0.1, 0.15) is 23.0 Å². The van der Waals surface area contributed by atoms with E-state index in [1.165, 1.54) is 0 Å². The standard InChI is InChI=1S/C25H28O4.W/c1-14-6-18(7-15(2)23(14)26)10-20-12-22(29-5)13-21(25(20)28)11-19-8-16(3)24(27)17(4)9-19;/h6-9,12-13,26-28H,10-11H2,1-5H3;. The molecule has 0 heterocycles. The molecule has 4 nitrogen and oxygen atoms in total. The first-order chi connectivity index (χ1) is 13.7. The van der Waals surface area contributed by atoms with E-state index < -0.39 is 0 Å². The predicted octanol–water partition coefficient (Wildman–Crippen LogP) is 5.22. The molecule has 3 N–H and O–H groups in total. The number of phenols is 3. The van der Waals surface area contributed by atoms with Crippen LogP contribution in [0.3, 0.4) is 0 Å². The number of aryl methyl sites for hydroxylation is 4. The zero-order valence-corrected chi connectivity index (χ0v) is 21.0. The average molecular weight is 576 g/mol. The molecular formula is C25H28O4W. The van der Waals surface area contributed by atoms with Crippen LogP contribution in [-0.4, -0.2) is 22.4 Å². The number of hydrogen-bond donors (Lipinski definition) is 3. The third-order valence-corrected chi connectivity index (χ3v) is 5.37. The summed E-state index contributed by atoms with van der Waals surface area (Å²) >= 11 is 0. The largest absolute Gasteiger partial charge is 0.507 e. The van der Waals surface area contributed by atoms with Gasteiger partial charge in [0.15, 0.2) is 0 Å². The summed E-state index contributed by atoms with van der Waals surface area (Å²) in [6.45, 7) is 7.49. The van der Waals surface area contributed by atoms with E-state index >= 15 is 0 Å². The number of ether oxygens (including phenoxy) is 1. The van der Waals surface area contributed by atoms with Crippen molar-refractivity contribution in [3.63, 3.8) is 0 Å². The summed E-state index contributed by atoms with van der Waals surface area (Å²) in [5.74, 6) is 1.55. The Morgan fingerprint density at radius 2 is 0.933 bits per heavy atom. The fourth-order valence-corrected chi connectivity index (χ4v) is 3.85. The van der Waals surface area contributed by atoms with Gasteiger partial charge in [-0.1, -0.05) is 24.3 Å². The van der Waals surface area contributed by atoms with Gasteiger partial charge in [-0.2, -0.15) is 0 Å². The summed E-state index contributed by atoms with van der Waals surface area (Å²) in [6, 6.07) is 11.5. The van der Waals surface area contributed by atoms with Crippen LogP contribution < -0.4 is 4.74 Å². The van der Waals surface area contributed by atoms with Crippen LogP contribution >= 0.6 is 0 Å². The van der Waals surface area contributed by atoms with Gasteiger partial charge in [0.25, 0.3) is 0 Å². The van der Waals surface area contributed by atoms with Crippen LogP contribution in [0.15, 0.2) is 36.4 Å². The Labute approximate surface area is 192 Å². The number of methoxy groups -OCH3 is 1. The van der Waals surface area contributed by atoms with Crippen molar-refractivity contribution < 1.29 is 41.1 Å². The quantitative estimate of drug-likeness (QED) is 0.390. The molecule has 158 valence electrons. The van der Waals surface area contributed by atoms with Gasteiger partial charge < -0.3 is 20.1 Å². The second-order valence-corrected chi connectivity index (χ2v) is 7.80. The van der Waals surface area contributed by atoms with Gasteiger partial charge >= 0.3 is 0 Å². The second-order valence-electron chi connectivity index (χ2n) is 7.80. The van der Waals surface area contributed by atoms with E-state index in [0.717, 1.165) is 44.5 Å². The monoisotopic (exact) mass is 576 g/mol. The number of aromatic hydroxyl groups is 3. The van der Waals surface area contributed by atoms with Crippen molar-refractivity contribution >= 4 is 0 Å². The summed E-state index contributed by atoms with van der Waals surface area (Å²) in [5, 5.41) is 31.0. The fourth-order valence-electron chi connectivity index (χ4n) is 3.85. The van der Waals surface area contributed by atoms with Crippen LogP contribution in [0.2, 0.25) is 0 Å². The molecule has 0 unspecified atom stereocenters. The maximum absolute atomic E-state index is 11.0. The normalized spacial score (nSPS) is 10.6. The molecule has 3 aromatic carbocycles. The molecule has 0 fully saturated rings. The van der Waals surface area contributed by atoms with Crippen LogP contribution in [0.1, 0.15) is 44.5 Å². The Hall–Kier alpha value is -2.45. The van der Waals surface area contributed by atoms with E-state index in [1.54, 1.807) is 7.11 Å². The Morgan fingerprint density at radius 3 is 1.23 bits per heavy atom. The summed E-state index contributed by atoms with van der Waals surface area (Å²) in [7, 11) is 1.61. The Kier molecular flexibility index (Phi) is 7.60. The molecule has 5 heteroatoms. The first kappa shape index (κ1) is 23.8. The van der Waals surface area contributed by atoms with E-state index in [-0.39, 0.29) is 26.8 Å². The molecule has 30 heavy (non-hydrogen) atoms. The van der Waals surface area contributed by atoms with Crippen molar-refractivity contribution in [2.24, 2.45) is 0 Å². The van der Waals surface area contributed by atoms with Gasteiger partial charge in [-0.3, -0.25) is 0 Å². The second kappa shape index (κ2) is 9.57. The molecule has 0 saturated carbocycles. The van der Waals surface area contributed by atoms with Crippen LogP contribution in [-0.2, 0) is 33.9 Å². The summed E-state index contributed by atoms with van der Waals surface area (Å²) < 4.78 is 5.47. The van der Waals surface area contributed by atoms with E-state index in [1.807, 2.05) is 64.1 Å². The summed E-state index contributed by atoms with van der Waals surface area (Å²) in [6.07, 6.45) is 1.07. The first-order valence-electron chi connectivity index (χ1n) is 9.66. The molecule has 0 amide bonds. The minimum Gasteiger partial charge on any atom is -0.507 e. The predicted molar refractivity (Wildman–Crippen MR) is 115 cm³/mol. The van der Waals surface area contributed by atoms with Crippen molar-refractivity contribution in [2.75, 3.05) is 7.11 Å². The Bertz CT molecular complexity index is 946. The molecule has 0 aliphatic carbocycles. The van der Waals surface area contributed by atoms with Crippen LogP contribution in [0, 0.1) is 27.7 Å². The average Bonchev–Trinajstić information content (AvgIpc) is 2.67. The molecule has 0 atom stereocenters. The fraction of sp³-hybridized carbons (Fsp3) is 0.280. The molecule has 0 radical (unpaired) electrons. The van der Waals surface area contributed by atoms with Crippen molar-refractivity contribution in [1.82, 2.24) is 0 Å².